The molecule has 0 bridgehead atoms. The third-order valence-corrected chi connectivity index (χ3v) is 7.39. The number of oxime groups is 1. The summed E-state index contributed by atoms with van der Waals surface area (Å²) in [7, 11) is 0. The van der Waals surface area contributed by atoms with Crippen molar-refractivity contribution < 1.29 is 29.5 Å². The molecule has 3 aliphatic heterocycles. The van der Waals surface area contributed by atoms with Gasteiger partial charge in [-0.05, 0) is 18.1 Å². The zero-order valence-electron chi connectivity index (χ0n) is 17.4. The molecule has 12 nitrogen and oxygen atoms in total. The molecule has 1 aromatic heterocycles. The zero-order valence-corrected chi connectivity index (χ0v) is 19.1. The highest BCUT2D eigenvalue weighted by atomic mass is 32.2. The highest BCUT2D eigenvalue weighted by molar-refractivity contribution is 8.00. The van der Waals surface area contributed by atoms with Crippen LogP contribution in [0.1, 0.15) is 12.1 Å². The summed E-state index contributed by atoms with van der Waals surface area (Å²) in [6.07, 6.45) is 7.20. The molecule has 4 heterocycles. The van der Waals surface area contributed by atoms with Gasteiger partial charge in [-0.3, -0.25) is 19.3 Å². The maximum Gasteiger partial charge on any atom is 0.352 e. The Balaban J connectivity index is 1.54. The number of nitrogens with one attached hydrogen (secondary N) is 1. The first-order valence-corrected chi connectivity index (χ1v) is 11.8. The Labute approximate surface area is 201 Å². The third kappa shape index (κ3) is 3.99. The average molecular weight is 503 g/mol. The van der Waals surface area contributed by atoms with Crippen LogP contribution in [-0.4, -0.2) is 84.8 Å². The number of likely N-dealkylation sites (tertiary alicyclic amines) is 1. The largest absolute Gasteiger partial charge is 0.477 e. The van der Waals surface area contributed by atoms with E-state index < -0.39 is 34.9 Å². The van der Waals surface area contributed by atoms with Gasteiger partial charge in [0, 0.05) is 23.3 Å². The molecular formula is C20H18N6O6S2. The molecule has 4 rings (SSSR count). The van der Waals surface area contributed by atoms with Gasteiger partial charge in [0.2, 0.25) is 0 Å². The van der Waals surface area contributed by atoms with E-state index in [4.69, 9.17) is 12.2 Å². The van der Waals surface area contributed by atoms with Crippen LogP contribution >= 0.6 is 23.1 Å². The second-order valence-electron chi connectivity index (χ2n) is 7.41. The number of carbonyl (C=O) groups is 4. The maximum absolute atomic E-state index is 12.8. The van der Waals surface area contributed by atoms with Crippen LogP contribution in [0.25, 0.3) is 0 Å². The van der Waals surface area contributed by atoms with Gasteiger partial charge in [0.05, 0.1) is 6.54 Å². The number of aromatic nitrogens is 1. The molecule has 3 aliphatic rings. The molecule has 0 unspecified atom stereocenters. The lowest BCUT2D eigenvalue weighted by molar-refractivity contribution is -0.150. The molecule has 2 saturated heterocycles. The first-order valence-electron chi connectivity index (χ1n) is 9.85. The molecule has 2 fully saturated rings. The van der Waals surface area contributed by atoms with Crippen molar-refractivity contribution in [3.8, 4) is 12.3 Å². The van der Waals surface area contributed by atoms with E-state index in [1.807, 2.05) is 0 Å². The van der Waals surface area contributed by atoms with E-state index in [1.54, 1.807) is 0 Å². The number of β-lactam (4-membered cyclic amide) rings is 1. The van der Waals surface area contributed by atoms with Gasteiger partial charge in [0.25, 0.3) is 17.7 Å². The molecule has 3 amide bonds. The van der Waals surface area contributed by atoms with Crippen LogP contribution in [0.15, 0.2) is 33.5 Å². The third-order valence-electron chi connectivity index (χ3n) is 5.41. The predicted molar refractivity (Wildman–Crippen MR) is 123 cm³/mol. The first kappa shape index (κ1) is 23.3. The monoisotopic (exact) mass is 502 g/mol. The van der Waals surface area contributed by atoms with E-state index in [2.05, 4.69) is 21.4 Å². The van der Waals surface area contributed by atoms with E-state index in [0.717, 1.165) is 16.2 Å². The van der Waals surface area contributed by atoms with Crippen molar-refractivity contribution in [1.29, 1.82) is 0 Å². The number of hydrogen-bond acceptors (Lipinski definition) is 10. The fourth-order valence-corrected chi connectivity index (χ4v) is 5.70. The summed E-state index contributed by atoms with van der Waals surface area (Å²) in [5.41, 5.74) is 5.68. The number of thiazole rings is 1. The van der Waals surface area contributed by atoms with Gasteiger partial charge in [-0.2, -0.15) is 0 Å². The van der Waals surface area contributed by atoms with Crippen molar-refractivity contribution in [2.75, 3.05) is 24.6 Å². The Morgan fingerprint density at radius 1 is 1.44 bits per heavy atom. The van der Waals surface area contributed by atoms with Crippen LogP contribution in [0.5, 0.6) is 0 Å². The molecule has 5 N–H and O–H groups in total. The lowest BCUT2D eigenvalue weighted by atomic mass is 10.0. The molecule has 34 heavy (non-hydrogen) atoms. The van der Waals surface area contributed by atoms with Crippen LogP contribution in [0.2, 0.25) is 0 Å². The summed E-state index contributed by atoms with van der Waals surface area (Å²) < 4.78 is 0. The number of hydrogen-bond donors (Lipinski definition) is 4. The van der Waals surface area contributed by atoms with E-state index in [0.29, 0.717) is 24.1 Å². The fraction of sp³-hybridized carbons (Fsp3) is 0.300. The van der Waals surface area contributed by atoms with Gasteiger partial charge in [-0.25, -0.2) is 9.78 Å². The van der Waals surface area contributed by atoms with Gasteiger partial charge in [-0.1, -0.05) is 11.1 Å². The van der Waals surface area contributed by atoms with E-state index >= 15 is 0 Å². The Morgan fingerprint density at radius 2 is 2.21 bits per heavy atom. The minimum Gasteiger partial charge on any atom is -0.477 e. The molecule has 0 spiro atoms. The minimum atomic E-state index is -1.32. The molecule has 1 aromatic rings. The number of fused-ring (bicyclic) bond motifs is 1. The number of carboxylic acids is 1. The van der Waals surface area contributed by atoms with Crippen LogP contribution in [-0.2, 0) is 19.2 Å². The number of carboxylic acid groups (broad SMARTS) is 1. The summed E-state index contributed by atoms with van der Waals surface area (Å²) in [5.74, 6) is -0.464. The van der Waals surface area contributed by atoms with Crippen molar-refractivity contribution in [2.24, 2.45) is 5.16 Å². The van der Waals surface area contributed by atoms with E-state index in [9.17, 15) is 29.5 Å². The van der Waals surface area contributed by atoms with Crippen LogP contribution in [0, 0.1) is 12.3 Å². The first-order chi connectivity index (χ1) is 16.3. The summed E-state index contributed by atoms with van der Waals surface area (Å²) in [5, 5.41) is 25.4. The highest BCUT2D eigenvalue weighted by Gasteiger charge is 2.54. The smallest absolute Gasteiger partial charge is 0.352 e. The second-order valence-corrected chi connectivity index (χ2v) is 9.40. The summed E-state index contributed by atoms with van der Waals surface area (Å²) in [4.78, 5) is 56.4. The molecular weight excluding hydrogens is 484 g/mol. The summed E-state index contributed by atoms with van der Waals surface area (Å²) in [6, 6.07) is -1.03. The maximum atomic E-state index is 12.8. The number of amides is 3. The van der Waals surface area contributed by atoms with Gasteiger partial charge in [-0.15, -0.1) is 29.5 Å². The minimum absolute atomic E-state index is 0.0440. The lowest BCUT2D eigenvalue weighted by Crippen LogP contribution is -2.71. The van der Waals surface area contributed by atoms with Crippen molar-refractivity contribution in [3.63, 3.8) is 0 Å². The number of nitrogen functional groups attached to an aromatic ring is 1. The van der Waals surface area contributed by atoms with Crippen molar-refractivity contribution in [1.82, 2.24) is 20.1 Å². The molecule has 14 heteroatoms. The number of carbonyl (C=O) groups excluding carboxylic acids is 3. The number of rotatable bonds is 6. The number of terminal acetylenes is 1. The normalized spacial score (nSPS) is 23.6. The lowest BCUT2D eigenvalue weighted by Gasteiger charge is -2.49. The molecule has 0 radical (unpaired) electrons. The van der Waals surface area contributed by atoms with Crippen molar-refractivity contribution >= 4 is 57.6 Å². The van der Waals surface area contributed by atoms with Gasteiger partial charge < -0.3 is 26.3 Å². The van der Waals surface area contributed by atoms with Crippen LogP contribution in [0.4, 0.5) is 5.13 Å². The van der Waals surface area contributed by atoms with Gasteiger partial charge in [0.1, 0.15) is 22.8 Å². The predicted octanol–water partition coefficient (Wildman–Crippen LogP) is -0.566. The second kappa shape index (κ2) is 9.20. The zero-order chi connectivity index (χ0) is 24.6. The highest BCUT2D eigenvalue weighted by Crippen LogP contribution is 2.41. The quantitative estimate of drug-likeness (QED) is 0.0990. The molecule has 2 atom stereocenters. The number of aliphatic carboxylic acids is 1. The fourth-order valence-electron chi connectivity index (χ4n) is 3.85. The van der Waals surface area contributed by atoms with Gasteiger partial charge >= 0.3 is 5.97 Å². The Bertz CT molecular complexity index is 1230. The Morgan fingerprint density at radius 3 is 2.82 bits per heavy atom. The molecule has 176 valence electrons. The number of anilines is 1. The van der Waals surface area contributed by atoms with Crippen molar-refractivity contribution in [3.05, 3.63) is 34.0 Å². The summed E-state index contributed by atoms with van der Waals surface area (Å²) in [6.45, 7) is 0.604. The van der Waals surface area contributed by atoms with Gasteiger partial charge in [0.15, 0.2) is 10.8 Å². The number of thioether (sulfide) groups is 1. The summed E-state index contributed by atoms with van der Waals surface area (Å²) >= 11 is 2.29. The molecule has 0 saturated carbocycles. The Hall–Kier alpha value is -3.83. The van der Waals surface area contributed by atoms with Crippen LogP contribution in [0.3, 0.4) is 0 Å². The number of nitrogens with two attached hydrogens (primary N) is 1. The standard InChI is InChI=1S/C20H18N6O6S2/c1-2-4-25-5-3-9(16(25)28)6-10-7-33-18-13(17(29)26(18)14(10)19(30)31)23-15(27)12(24-32)11-8-34-20(21)22-11/h1,6,8,13,18,32H,3-5,7H2,(H2,21,22)(H,23,27)(H,30,31)/b9-6+,24-12-/t13-,18-/m1/s1. The Kier molecular flexibility index (Phi) is 6.31. The topological polar surface area (TPSA) is 179 Å². The average Bonchev–Trinajstić information content (AvgIpc) is 3.38. The van der Waals surface area contributed by atoms with E-state index in [-0.39, 0.29) is 34.7 Å². The van der Waals surface area contributed by atoms with Crippen molar-refractivity contribution in [2.45, 2.75) is 17.8 Å². The van der Waals surface area contributed by atoms with Crippen LogP contribution < -0.4 is 11.1 Å². The number of nitrogens with zero attached hydrogens (tertiary/aromatic N) is 4. The van der Waals surface area contributed by atoms with E-state index in [1.165, 1.54) is 28.1 Å². The SMILES string of the molecule is C#CCN1CC/C(=C\C2=C(C(=O)O)N3C(=O)[C@@H](NC(=O)/C(=N\O)c4csc(N)n4)[C@H]3SC2)C1=O. The molecule has 0 aliphatic carbocycles. The number of allylic oxidation sites excluding steroid dienone is 1. The molecule has 0 aromatic carbocycles.